The molecule has 1 aliphatic rings. The quantitative estimate of drug-likeness (QED) is 0.801. The summed E-state index contributed by atoms with van der Waals surface area (Å²) in [6, 6.07) is 8.44. The van der Waals surface area contributed by atoms with Crippen LogP contribution >= 0.6 is 0 Å². The van der Waals surface area contributed by atoms with Gasteiger partial charge in [-0.3, -0.25) is 0 Å². The van der Waals surface area contributed by atoms with Crippen LogP contribution in [0.25, 0.3) is 0 Å². The Bertz CT molecular complexity index is 395. The Kier molecular flexibility index (Phi) is 2.77. The third kappa shape index (κ3) is 2.04. The number of anilines is 1. The van der Waals surface area contributed by atoms with E-state index in [9.17, 15) is 0 Å². The fourth-order valence-electron chi connectivity index (χ4n) is 1.78. The number of aryl methyl sites for hydroxylation is 1. The van der Waals surface area contributed by atoms with E-state index in [1.54, 1.807) is 0 Å². The molecule has 78 valence electrons. The van der Waals surface area contributed by atoms with Gasteiger partial charge in [-0.1, -0.05) is 12.1 Å². The summed E-state index contributed by atoms with van der Waals surface area (Å²) in [6.07, 6.45) is 1.41. The summed E-state index contributed by atoms with van der Waals surface area (Å²) in [5.74, 6) is 0.920. The topological polar surface area (TPSA) is 45.0 Å². The monoisotopic (exact) mass is 202 g/mol. The molecule has 1 N–H and O–H groups in total. The highest BCUT2D eigenvalue weighted by molar-refractivity contribution is 5.63. The van der Waals surface area contributed by atoms with Crippen LogP contribution in [-0.2, 0) is 0 Å². The van der Waals surface area contributed by atoms with E-state index in [4.69, 9.17) is 10.00 Å². The van der Waals surface area contributed by atoms with Crippen molar-refractivity contribution in [2.24, 2.45) is 0 Å². The molecule has 0 radical (unpaired) electrons. The van der Waals surface area contributed by atoms with Crippen LogP contribution in [0.4, 0.5) is 5.69 Å². The average Bonchev–Trinajstić information content (AvgIpc) is 2.27. The molecule has 0 bridgehead atoms. The van der Waals surface area contributed by atoms with E-state index in [0.29, 0.717) is 13.0 Å². The van der Waals surface area contributed by atoms with Crippen molar-refractivity contribution in [2.75, 3.05) is 11.9 Å². The first-order chi connectivity index (χ1) is 7.31. The Morgan fingerprint density at radius 3 is 3.27 bits per heavy atom. The number of fused-ring (bicyclic) bond motifs is 1. The highest BCUT2D eigenvalue weighted by Crippen LogP contribution is 2.32. The fraction of sp³-hybridized carbons (Fsp3) is 0.417. The molecule has 0 fully saturated rings. The first-order valence-electron chi connectivity index (χ1n) is 5.17. The lowest BCUT2D eigenvalue weighted by molar-refractivity contribution is 0.279. The van der Waals surface area contributed by atoms with E-state index in [2.05, 4.69) is 24.4 Å². The first kappa shape index (κ1) is 9.85. The molecule has 1 aromatic rings. The second-order valence-corrected chi connectivity index (χ2v) is 3.80. The van der Waals surface area contributed by atoms with Crippen LogP contribution in [0.15, 0.2) is 18.2 Å². The zero-order valence-electron chi connectivity index (χ0n) is 8.79. The van der Waals surface area contributed by atoms with E-state index in [1.165, 1.54) is 5.56 Å². The predicted molar refractivity (Wildman–Crippen MR) is 58.9 cm³/mol. The lowest BCUT2D eigenvalue weighted by Gasteiger charge is -2.28. The SMILES string of the molecule is Cc1cccc2c1NC(CCC#N)CO2. The molecule has 0 aromatic heterocycles. The lowest BCUT2D eigenvalue weighted by Crippen LogP contribution is -2.31. The minimum atomic E-state index is 0.262. The number of benzene rings is 1. The van der Waals surface area contributed by atoms with E-state index >= 15 is 0 Å². The number of nitrogens with one attached hydrogen (secondary N) is 1. The number of para-hydroxylation sites is 1. The standard InChI is InChI=1S/C12H14N2O/c1-9-4-2-6-11-12(9)14-10(8-15-11)5-3-7-13/h2,4,6,10,14H,3,5,8H2,1H3. The second kappa shape index (κ2) is 4.22. The Hall–Kier alpha value is -1.69. The van der Waals surface area contributed by atoms with Gasteiger partial charge in [-0.2, -0.15) is 5.26 Å². The Morgan fingerprint density at radius 2 is 2.47 bits per heavy atom. The van der Waals surface area contributed by atoms with Crippen LogP contribution in [0.1, 0.15) is 18.4 Å². The van der Waals surface area contributed by atoms with Crippen LogP contribution in [0.5, 0.6) is 5.75 Å². The van der Waals surface area contributed by atoms with Gasteiger partial charge >= 0.3 is 0 Å². The van der Waals surface area contributed by atoms with E-state index in [0.717, 1.165) is 17.9 Å². The van der Waals surface area contributed by atoms with Gasteiger partial charge in [-0.05, 0) is 25.0 Å². The summed E-state index contributed by atoms with van der Waals surface area (Å²) >= 11 is 0. The molecule has 15 heavy (non-hydrogen) atoms. The van der Waals surface area contributed by atoms with Crippen LogP contribution in [0, 0.1) is 18.3 Å². The molecule has 0 aliphatic carbocycles. The van der Waals surface area contributed by atoms with Crippen LogP contribution < -0.4 is 10.1 Å². The van der Waals surface area contributed by atoms with Crippen molar-refractivity contribution in [2.45, 2.75) is 25.8 Å². The maximum Gasteiger partial charge on any atom is 0.142 e. The highest BCUT2D eigenvalue weighted by Gasteiger charge is 2.19. The van der Waals surface area contributed by atoms with E-state index < -0.39 is 0 Å². The summed E-state index contributed by atoms with van der Waals surface area (Å²) in [5.41, 5.74) is 2.26. The number of rotatable bonds is 2. The summed E-state index contributed by atoms with van der Waals surface area (Å²) in [5, 5.41) is 12.0. The molecule has 3 nitrogen and oxygen atoms in total. The molecule has 3 heteroatoms. The number of nitriles is 1. The molecule has 1 aliphatic heterocycles. The molecule has 1 heterocycles. The smallest absolute Gasteiger partial charge is 0.142 e. The molecular weight excluding hydrogens is 188 g/mol. The van der Waals surface area contributed by atoms with Gasteiger partial charge in [-0.25, -0.2) is 0 Å². The molecule has 1 unspecified atom stereocenters. The molecule has 2 rings (SSSR count). The second-order valence-electron chi connectivity index (χ2n) is 3.80. The van der Waals surface area contributed by atoms with E-state index in [-0.39, 0.29) is 6.04 Å². The molecule has 0 saturated heterocycles. The normalized spacial score (nSPS) is 18.3. The third-order valence-corrected chi connectivity index (χ3v) is 2.63. The minimum absolute atomic E-state index is 0.262. The molecule has 1 aromatic carbocycles. The average molecular weight is 202 g/mol. The van der Waals surface area contributed by atoms with Crippen molar-refractivity contribution < 1.29 is 4.74 Å². The van der Waals surface area contributed by atoms with Gasteiger partial charge in [0.1, 0.15) is 12.4 Å². The molecule has 0 amide bonds. The number of nitrogens with zero attached hydrogens (tertiary/aromatic N) is 1. The third-order valence-electron chi connectivity index (χ3n) is 2.63. The molecule has 1 atom stereocenters. The number of hydrogen-bond acceptors (Lipinski definition) is 3. The van der Waals surface area contributed by atoms with Crippen molar-refractivity contribution in [3.05, 3.63) is 23.8 Å². The van der Waals surface area contributed by atoms with Crippen molar-refractivity contribution >= 4 is 5.69 Å². The van der Waals surface area contributed by atoms with Gasteiger partial charge in [0.15, 0.2) is 0 Å². The number of ether oxygens (including phenoxy) is 1. The highest BCUT2D eigenvalue weighted by atomic mass is 16.5. The lowest BCUT2D eigenvalue weighted by atomic mass is 10.1. The van der Waals surface area contributed by atoms with Crippen molar-refractivity contribution in [3.8, 4) is 11.8 Å². The largest absolute Gasteiger partial charge is 0.489 e. The zero-order chi connectivity index (χ0) is 10.7. The summed E-state index contributed by atoms with van der Waals surface area (Å²) in [6.45, 7) is 2.71. The summed E-state index contributed by atoms with van der Waals surface area (Å²) in [4.78, 5) is 0. The number of hydrogen-bond donors (Lipinski definition) is 1. The van der Waals surface area contributed by atoms with Gasteiger partial charge in [0.2, 0.25) is 0 Å². The van der Waals surface area contributed by atoms with Crippen LogP contribution in [0.3, 0.4) is 0 Å². The van der Waals surface area contributed by atoms with Gasteiger partial charge in [-0.15, -0.1) is 0 Å². The van der Waals surface area contributed by atoms with Crippen LogP contribution in [0.2, 0.25) is 0 Å². The molecule has 0 saturated carbocycles. The maximum atomic E-state index is 8.53. The van der Waals surface area contributed by atoms with Gasteiger partial charge in [0.25, 0.3) is 0 Å². The maximum absolute atomic E-state index is 8.53. The van der Waals surface area contributed by atoms with Gasteiger partial charge in [0, 0.05) is 6.42 Å². The van der Waals surface area contributed by atoms with Crippen molar-refractivity contribution in [1.82, 2.24) is 0 Å². The van der Waals surface area contributed by atoms with Gasteiger partial charge < -0.3 is 10.1 Å². The summed E-state index contributed by atoms with van der Waals surface area (Å²) in [7, 11) is 0. The van der Waals surface area contributed by atoms with Gasteiger partial charge in [0.05, 0.1) is 17.8 Å². The molecular formula is C12H14N2O. The Morgan fingerprint density at radius 1 is 1.60 bits per heavy atom. The first-order valence-corrected chi connectivity index (χ1v) is 5.17. The molecule has 0 spiro atoms. The fourth-order valence-corrected chi connectivity index (χ4v) is 1.78. The Balaban J connectivity index is 2.12. The van der Waals surface area contributed by atoms with Crippen molar-refractivity contribution in [1.29, 1.82) is 5.26 Å². The predicted octanol–water partition coefficient (Wildman–Crippen LogP) is 2.47. The van der Waals surface area contributed by atoms with Crippen LogP contribution in [-0.4, -0.2) is 12.6 Å². The van der Waals surface area contributed by atoms with Crippen molar-refractivity contribution in [3.63, 3.8) is 0 Å². The Labute approximate surface area is 89.7 Å². The minimum Gasteiger partial charge on any atom is -0.489 e. The van der Waals surface area contributed by atoms with E-state index in [1.807, 2.05) is 12.1 Å². The zero-order valence-corrected chi connectivity index (χ0v) is 8.79. The summed E-state index contributed by atoms with van der Waals surface area (Å²) < 4.78 is 5.64.